The molecule has 1 atom stereocenters. The summed E-state index contributed by atoms with van der Waals surface area (Å²) < 4.78 is 28.1. The van der Waals surface area contributed by atoms with Crippen LogP contribution in [0.5, 0.6) is 0 Å². The normalized spacial score (nSPS) is 17.0. The molecule has 1 aliphatic rings. The number of nitrogens with zero attached hydrogens (tertiary/aromatic N) is 1. The maximum absolute atomic E-state index is 12.9. The maximum atomic E-state index is 12.9. The van der Waals surface area contributed by atoms with Gasteiger partial charge in [0.05, 0.1) is 4.90 Å². The lowest BCUT2D eigenvalue weighted by molar-refractivity contribution is 0.0708. The highest BCUT2D eigenvalue weighted by atomic mass is 35.5. The van der Waals surface area contributed by atoms with E-state index in [4.69, 9.17) is 5.73 Å². The smallest absolute Gasteiger partial charge is 0.261 e. The zero-order chi connectivity index (χ0) is 19.6. The Bertz CT molecular complexity index is 963. The van der Waals surface area contributed by atoms with E-state index >= 15 is 0 Å². The highest BCUT2D eigenvalue weighted by Gasteiger charge is 2.25. The average Bonchev–Trinajstić information content (AvgIpc) is 2.61. The minimum absolute atomic E-state index is 0. The molecule has 1 amide bonds. The topological polar surface area (TPSA) is 92.5 Å². The zero-order valence-corrected chi connectivity index (χ0v) is 17.6. The van der Waals surface area contributed by atoms with Gasteiger partial charge >= 0.3 is 0 Å². The van der Waals surface area contributed by atoms with Gasteiger partial charge in [-0.15, -0.1) is 12.4 Å². The van der Waals surface area contributed by atoms with E-state index in [0.29, 0.717) is 24.3 Å². The van der Waals surface area contributed by atoms with Crippen molar-refractivity contribution in [1.82, 2.24) is 4.90 Å². The number of amides is 1. The van der Waals surface area contributed by atoms with Crippen molar-refractivity contribution in [3.8, 4) is 0 Å². The van der Waals surface area contributed by atoms with Gasteiger partial charge in [-0.2, -0.15) is 0 Å². The lowest BCUT2D eigenvalue weighted by Crippen LogP contribution is -2.45. The van der Waals surface area contributed by atoms with Gasteiger partial charge in [-0.3, -0.25) is 9.52 Å². The van der Waals surface area contributed by atoms with Gasteiger partial charge in [-0.05, 0) is 62.1 Å². The molecule has 3 N–H and O–H groups in total. The second kappa shape index (κ2) is 8.94. The number of halogens is 1. The molecule has 1 heterocycles. The largest absolute Gasteiger partial charge is 0.337 e. The first kappa shape index (κ1) is 22.2. The van der Waals surface area contributed by atoms with E-state index in [-0.39, 0.29) is 29.3 Å². The summed E-state index contributed by atoms with van der Waals surface area (Å²) in [5, 5.41) is 0. The number of hydrogen-bond acceptors (Lipinski definition) is 4. The summed E-state index contributed by atoms with van der Waals surface area (Å²) in [6.07, 6.45) is 1.76. The van der Waals surface area contributed by atoms with Gasteiger partial charge in [0.2, 0.25) is 0 Å². The Hall–Kier alpha value is -2.09. The van der Waals surface area contributed by atoms with Gasteiger partial charge in [0.25, 0.3) is 15.9 Å². The molecule has 1 aliphatic heterocycles. The van der Waals surface area contributed by atoms with Crippen LogP contribution in [0.15, 0.2) is 47.4 Å². The lowest BCUT2D eigenvalue weighted by Gasteiger charge is -2.31. The third-order valence-corrected chi connectivity index (χ3v) is 6.14. The van der Waals surface area contributed by atoms with Crippen molar-refractivity contribution >= 4 is 34.0 Å². The molecule has 1 saturated heterocycles. The Morgan fingerprint density at radius 2 is 1.93 bits per heavy atom. The molecule has 0 saturated carbocycles. The van der Waals surface area contributed by atoms with E-state index in [0.717, 1.165) is 24.0 Å². The summed E-state index contributed by atoms with van der Waals surface area (Å²) in [5.41, 5.74) is 8.57. The number of benzene rings is 2. The number of hydrogen-bond donors (Lipinski definition) is 2. The standard InChI is InChI=1S/C20H25N3O3S.ClH/c1-14-5-3-7-17(11-14)22-27(25,26)18-9-8-15(2)19(12-18)20(24)23-10-4-6-16(21)13-23;/h3,5,7-9,11-12,16,22H,4,6,10,13,21H2,1-2H3;1H. The van der Waals surface area contributed by atoms with E-state index in [1.807, 2.05) is 19.9 Å². The number of aryl methyl sites for hydroxylation is 2. The van der Waals surface area contributed by atoms with E-state index < -0.39 is 10.0 Å². The zero-order valence-electron chi connectivity index (χ0n) is 16.0. The van der Waals surface area contributed by atoms with Crippen LogP contribution in [0, 0.1) is 13.8 Å². The Kier molecular flexibility index (Phi) is 7.09. The van der Waals surface area contributed by atoms with Crippen molar-refractivity contribution in [1.29, 1.82) is 0 Å². The quantitative estimate of drug-likeness (QED) is 0.790. The van der Waals surface area contributed by atoms with Crippen molar-refractivity contribution in [3.05, 3.63) is 59.2 Å². The van der Waals surface area contributed by atoms with E-state index in [2.05, 4.69) is 4.72 Å². The molecule has 0 spiro atoms. The summed E-state index contributed by atoms with van der Waals surface area (Å²) in [6, 6.07) is 11.7. The lowest BCUT2D eigenvalue weighted by atomic mass is 10.0. The summed E-state index contributed by atoms with van der Waals surface area (Å²) in [5.74, 6) is -0.171. The van der Waals surface area contributed by atoms with Crippen LogP contribution in [0.4, 0.5) is 5.69 Å². The second-order valence-electron chi connectivity index (χ2n) is 7.11. The van der Waals surface area contributed by atoms with Crippen LogP contribution in [0.1, 0.15) is 34.3 Å². The first-order chi connectivity index (χ1) is 12.8. The van der Waals surface area contributed by atoms with Crippen LogP contribution in [-0.2, 0) is 10.0 Å². The first-order valence-electron chi connectivity index (χ1n) is 9.01. The Morgan fingerprint density at radius 3 is 2.61 bits per heavy atom. The minimum Gasteiger partial charge on any atom is -0.337 e. The van der Waals surface area contributed by atoms with Crippen LogP contribution < -0.4 is 10.5 Å². The average molecular weight is 424 g/mol. The van der Waals surface area contributed by atoms with Crippen molar-refractivity contribution in [2.75, 3.05) is 17.8 Å². The van der Waals surface area contributed by atoms with Crippen molar-refractivity contribution < 1.29 is 13.2 Å². The summed E-state index contributed by atoms with van der Waals surface area (Å²) in [6.45, 7) is 4.84. The van der Waals surface area contributed by atoms with Crippen LogP contribution in [-0.4, -0.2) is 38.4 Å². The number of piperidine rings is 1. The van der Waals surface area contributed by atoms with Gasteiger partial charge in [0, 0.05) is 30.4 Å². The van der Waals surface area contributed by atoms with Gasteiger partial charge in [0.1, 0.15) is 0 Å². The molecule has 0 aliphatic carbocycles. The predicted molar refractivity (Wildman–Crippen MR) is 114 cm³/mol. The molecule has 1 fully saturated rings. The van der Waals surface area contributed by atoms with Gasteiger partial charge in [-0.1, -0.05) is 18.2 Å². The van der Waals surface area contributed by atoms with Gasteiger partial charge in [0.15, 0.2) is 0 Å². The van der Waals surface area contributed by atoms with Crippen LogP contribution in [0.3, 0.4) is 0 Å². The maximum Gasteiger partial charge on any atom is 0.261 e. The third-order valence-electron chi connectivity index (χ3n) is 4.77. The monoisotopic (exact) mass is 423 g/mol. The molecule has 2 aromatic rings. The Balaban J connectivity index is 0.00000280. The fraction of sp³-hybridized carbons (Fsp3) is 0.350. The number of rotatable bonds is 4. The molecular weight excluding hydrogens is 398 g/mol. The van der Waals surface area contributed by atoms with E-state index in [1.165, 1.54) is 12.1 Å². The molecule has 0 bridgehead atoms. The van der Waals surface area contributed by atoms with Crippen molar-refractivity contribution in [2.24, 2.45) is 5.73 Å². The summed E-state index contributed by atoms with van der Waals surface area (Å²) in [7, 11) is -3.79. The molecule has 0 aromatic heterocycles. The SMILES string of the molecule is Cc1cccc(NS(=O)(=O)c2ccc(C)c(C(=O)N3CCCC(N)C3)c2)c1.Cl. The molecule has 28 heavy (non-hydrogen) atoms. The van der Waals surface area contributed by atoms with Crippen LogP contribution in [0.2, 0.25) is 0 Å². The number of sulfonamides is 1. The predicted octanol–water partition coefficient (Wildman–Crippen LogP) is 3.09. The Labute approximate surface area is 172 Å². The number of anilines is 1. The first-order valence-corrected chi connectivity index (χ1v) is 10.5. The van der Waals surface area contributed by atoms with Gasteiger partial charge in [-0.25, -0.2) is 8.42 Å². The number of carbonyl (C=O) groups is 1. The molecule has 152 valence electrons. The second-order valence-corrected chi connectivity index (χ2v) is 8.79. The highest BCUT2D eigenvalue weighted by Crippen LogP contribution is 2.22. The van der Waals surface area contributed by atoms with Gasteiger partial charge < -0.3 is 10.6 Å². The third kappa shape index (κ3) is 5.04. The molecule has 3 rings (SSSR count). The summed E-state index contributed by atoms with van der Waals surface area (Å²) >= 11 is 0. The van der Waals surface area contributed by atoms with Crippen molar-refractivity contribution in [2.45, 2.75) is 37.6 Å². The van der Waals surface area contributed by atoms with Crippen molar-refractivity contribution in [3.63, 3.8) is 0 Å². The number of nitrogens with one attached hydrogen (secondary N) is 1. The molecule has 6 nitrogen and oxygen atoms in total. The molecule has 8 heteroatoms. The number of nitrogens with two attached hydrogens (primary N) is 1. The minimum atomic E-state index is -3.79. The summed E-state index contributed by atoms with van der Waals surface area (Å²) in [4.78, 5) is 14.7. The Morgan fingerprint density at radius 1 is 1.18 bits per heavy atom. The molecule has 1 unspecified atom stereocenters. The van der Waals surface area contributed by atoms with E-state index in [1.54, 1.807) is 29.2 Å². The highest BCUT2D eigenvalue weighted by molar-refractivity contribution is 7.92. The number of carbonyl (C=O) groups excluding carboxylic acids is 1. The molecule has 0 radical (unpaired) electrons. The molecule has 2 aromatic carbocycles. The number of likely N-dealkylation sites (tertiary alicyclic amines) is 1. The molecular formula is C20H26ClN3O3S. The fourth-order valence-corrected chi connectivity index (χ4v) is 4.36. The van der Waals surface area contributed by atoms with E-state index in [9.17, 15) is 13.2 Å². The van der Waals surface area contributed by atoms with Crippen LogP contribution in [0.25, 0.3) is 0 Å². The van der Waals surface area contributed by atoms with Crippen LogP contribution >= 0.6 is 12.4 Å². The fourth-order valence-electron chi connectivity index (χ4n) is 3.29.